The van der Waals surface area contributed by atoms with E-state index in [1.165, 1.54) is 24.8 Å². The molecule has 0 heterocycles. The molecule has 23 heavy (non-hydrogen) atoms. The van der Waals surface area contributed by atoms with Crippen LogP contribution >= 0.6 is 0 Å². The summed E-state index contributed by atoms with van der Waals surface area (Å²) in [5, 5.41) is 23.5. The molecule has 3 fully saturated rings. The lowest BCUT2D eigenvalue weighted by atomic mass is 9.46. The maximum absolute atomic E-state index is 10.9. The molecular weight excluding hydrogens is 286 g/mol. The Morgan fingerprint density at radius 1 is 1.00 bits per heavy atom. The molecule has 6 atom stereocenters. The fourth-order valence-electron chi connectivity index (χ4n) is 6.89. The van der Waals surface area contributed by atoms with Gasteiger partial charge >= 0.3 is 0 Å². The minimum absolute atomic E-state index is 0.109. The van der Waals surface area contributed by atoms with Crippen LogP contribution in [0.3, 0.4) is 0 Å². The minimum Gasteiger partial charge on any atom is -0.411 e. The summed E-state index contributed by atoms with van der Waals surface area (Å²) in [6.07, 6.45) is 11.2. The number of allylic oxidation sites excluding steroid dienone is 2. The Morgan fingerprint density at radius 2 is 1.74 bits per heavy atom. The van der Waals surface area contributed by atoms with E-state index in [4.69, 9.17) is 5.21 Å². The van der Waals surface area contributed by atoms with Crippen molar-refractivity contribution in [2.24, 2.45) is 33.7 Å². The van der Waals surface area contributed by atoms with Crippen LogP contribution in [0.4, 0.5) is 0 Å². The quantitative estimate of drug-likeness (QED) is 0.509. The fourth-order valence-corrected chi connectivity index (χ4v) is 6.89. The molecule has 3 heteroatoms. The van der Waals surface area contributed by atoms with Gasteiger partial charge in [-0.2, -0.15) is 0 Å². The molecule has 3 nitrogen and oxygen atoms in total. The van der Waals surface area contributed by atoms with Crippen LogP contribution in [-0.2, 0) is 0 Å². The second kappa shape index (κ2) is 4.84. The highest BCUT2D eigenvalue weighted by Crippen LogP contribution is 2.67. The van der Waals surface area contributed by atoms with Gasteiger partial charge in [-0.25, -0.2) is 0 Å². The Balaban J connectivity index is 1.68. The van der Waals surface area contributed by atoms with Crippen molar-refractivity contribution in [1.82, 2.24) is 0 Å². The Labute approximate surface area is 139 Å². The molecule has 0 aromatic heterocycles. The smallest absolute Gasteiger partial charge is 0.0795 e. The number of oxime groups is 1. The van der Waals surface area contributed by atoms with Crippen LogP contribution in [0.2, 0.25) is 0 Å². The summed E-state index contributed by atoms with van der Waals surface area (Å²) in [4.78, 5) is 0. The van der Waals surface area contributed by atoms with Crippen molar-refractivity contribution in [3.8, 4) is 0 Å². The van der Waals surface area contributed by atoms with E-state index < -0.39 is 5.60 Å². The summed E-state index contributed by atoms with van der Waals surface area (Å²) in [5.74, 6) is 2.19. The third kappa shape index (κ3) is 1.95. The molecule has 0 aromatic rings. The lowest BCUT2D eigenvalue weighted by Crippen LogP contribution is -2.53. The van der Waals surface area contributed by atoms with Gasteiger partial charge in [-0.05, 0) is 93.0 Å². The lowest BCUT2D eigenvalue weighted by Gasteiger charge is -2.59. The summed E-state index contributed by atoms with van der Waals surface area (Å²) < 4.78 is 0. The number of nitrogens with zero attached hydrogens (tertiary/aromatic N) is 1. The molecule has 0 saturated heterocycles. The van der Waals surface area contributed by atoms with Crippen molar-refractivity contribution in [1.29, 1.82) is 0 Å². The summed E-state index contributed by atoms with van der Waals surface area (Å²) in [6, 6.07) is 0. The predicted octanol–water partition coefficient (Wildman–Crippen LogP) is 4.53. The van der Waals surface area contributed by atoms with Gasteiger partial charge < -0.3 is 10.3 Å². The molecule has 0 amide bonds. The van der Waals surface area contributed by atoms with Crippen LogP contribution in [-0.4, -0.2) is 21.6 Å². The molecule has 4 aliphatic carbocycles. The third-order valence-corrected chi connectivity index (χ3v) is 8.67. The van der Waals surface area contributed by atoms with Crippen molar-refractivity contribution < 1.29 is 10.3 Å². The topological polar surface area (TPSA) is 52.8 Å². The molecule has 128 valence electrons. The fraction of sp³-hybridized carbons (Fsp3) is 0.850. The van der Waals surface area contributed by atoms with Gasteiger partial charge in [0.2, 0.25) is 0 Å². The van der Waals surface area contributed by atoms with E-state index >= 15 is 0 Å². The van der Waals surface area contributed by atoms with Crippen molar-refractivity contribution in [3.63, 3.8) is 0 Å². The zero-order chi connectivity index (χ0) is 16.5. The standard InChI is InChI=1S/C20H31NO2/c1-18-9-6-14(21-23)12-13(18)4-5-15-16(18)7-10-19(2)17(15)8-11-20(19,3)22/h12,15-17,22-23H,4-11H2,1-3H3/b21-14+/t15-,16+,17+,18+,19+,20+/m1/s1. The third-order valence-electron chi connectivity index (χ3n) is 8.67. The van der Waals surface area contributed by atoms with E-state index in [9.17, 15) is 5.11 Å². The van der Waals surface area contributed by atoms with Gasteiger partial charge in [0.1, 0.15) is 0 Å². The molecule has 3 saturated carbocycles. The summed E-state index contributed by atoms with van der Waals surface area (Å²) in [7, 11) is 0. The number of hydrogen-bond acceptors (Lipinski definition) is 3. The van der Waals surface area contributed by atoms with Gasteiger partial charge in [-0.1, -0.05) is 24.6 Å². The van der Waals surface area contributed by atoms with Crippen LogP contribution in [0.1, 0.15) is 72.1 Å². The molecule has 4 aliphatic rings. The van der Waals surface area contributed by atoms with E-state index in [0.29, 0.717) is 5.92 Å². The molecule has 0 aliphatic heterocycles. The van der Waals surface area contributed by atoms with Crippen LogP contribution in [0.15, 0.2) is 16.8 Å². The van der Waals surface area contributed by atoms with E-state index in [-0.39, 0.29) is 10.8 Å². The zero-order valence-corrected chi connectivity index (χ0v) is 14.8. The van der Waals surface area contributed by atoms with Gasteiger partial charge in [0.15, 0.2) is 0 Å². The average molecular weight is 317 g/mol. The highest BCUT2D eigenvalue weighted by atomic mass is 16.4. The lowest BCUT2D eigenvalue weighted by molar-refractivity contribution is -0.117. The zero-order valence-electron chi connectivity index (χ0n) is 14.8. The van der Waals surface area contributed by atoms with Crippen LogP contribution in [0.25, 0.3) is 0 Å². The minimum atomic E-state index is -0.483. The second-order valence-corrected chi connectivity index (χ2v) is 9.36. The summed E-state index contributed by atoms with van der Waals surface area (Å²) in [6.45, 7) is 6.89. The first-order valence-corrected chi connectivity index (χ1v) is 9.46. The number of rotatable bonds is 0. The van der Waals surface area contributed by atoms with E-state index in [1.54, 1.807) is 0 Å². The van der Waals surface area contributed by atoms with Gasteiger partial charge in [0.25, 0.3) is 0 Å². The van der Waals surface area contributed by atoms with Crippen molar-refractivity contribution in [2.45, 2.75) is 77.7 Å². The predicted molar refractivity (Wildman–Crippen MR) is 91.5 cm³/mol. The van der Waals surface area contributed by atoms with Crippen molar-refractivity contribution >= 4 is 5.71 Å². The highest BCUT2D eigenvalue weighted by Gasteiger charge is 2.62. The number of fused-ring (bicyclic) bond motifs is 5. The Hall–Kier alpha value is -0.830. The molecule has 0 unspecified atom stereocenters. The summed E-state index contributed by atoms with van der Waals surface area (Å²) in [5.41, 5.74) is 2.29. The molecule has 0 bridgehead atoms. The Kier molecular flexibility index (Phi) is 3.30. The second-order valence-electron chi connectivity index (χ2n) is 9.36. The van der Waals surface area contributed by atoms with Gasteiger partial charge in [0.05, 0.1) is 11.3 Å². The Bertz CT molecular complexity index is 578. The molecule has 0 spiro atoms. The van der Waals surface area contributed by atoms with Gasteiger partial charge in [-0.15, -0.1) is 0 Å². The first kappa shape index (κ1) is 15.7. The largest absolute Gasteiger partial charge is 0.411 e. The number of aliphatic hydroxyl groups is 1. The van der Waals surface area contributed by atoms with Gasteiger partial charge in [0, 0.05) is 0 Å². The van der Waals surface area contributed by atoms with E-state index in [2.05, 4.69) is 32.0 Å². The molecule has 0 aromatic carbocycles. The van der Waals surface area contributed by atoms with Crippen molar-refractivity contribution in [2.75, 3.05) is 0 Å². The van der Waals surface area contributed by atoms with E-state index in [0.717, 1.165) is 49.7 Å². The monoisotopic (exact) mass is 317 g/mol. The van der Waals surface area contributed by atoms with E-state index in [1.807, 2.05) is 0 Å². The first-order chi connectivity index (χ1) is 10.8. The molecule has 2 N–H and O–H groups in total. The van der Waals surface area contributed by atoms with Gasteiger partial charge in [-0.3, -0.25) is 0 Å². The molecular formula is C20H31NO2. The van der Waals surface area contributed by atoms with Crippen LogP contribution in [0.5, 0.6) is 0 Å². The molecule has 4 rings (SSSR count). The molecule has 0 radical (unpaired) electrons. The normalized spacial score (nSPS) is 54.2. The highest BCUT2D eigenvalue weighted by molar-refractivity contribution is 5.96. The SMILES string of the molecule is C[C@]12CC/C(=N\O)C=C1CC[C@@H]1[C@@H]2CC[C@@]2(C)[C@H]1CC[C@]2(C)O. The number of hydrogen-bond donors (Lipinski definition) is 2. The summed E-state index contributed by atoms with van der Waals surface area (Å²) >= 11 is 0. The maximum Gasteiger partial charge on any atom is 0.0795 e. The first-order valence-electron chi connectivity index (χ1n) is 9.46. The maximum atomic E-state index is 10.9. The van der Waals surface area contributed by atoms with Crippen molar-refractivity contribution in [3.05, 3.63) is 11.6 Å². The van der Waals surface area contributed by atoms with Crippen LogP contribution < -0.4 is 0 Å². The average Bonchev–Trinajstić information content (AvgIpc) is 2.77. The van der Waals surface area contributed by atoms with Crippen LogP contribution in [0, 0.1) is 28.6 Å². The Morgan fingerprint density at radius 3 is 2.48 bits per heavy atom.